The minimum Gasteiger partial charge on any atom is -0.480 e. The average Bonchev–Trinajstić information content (AvgIpc) is 0.758. The molecule has 3 heterocycles. The van der Waals surface area contributed by atoms with E-state index in [2.05, 4.69) is 50.7 Å². The number of benzene rings is 6. The summed E-state index contributed by atoms with van der Waals surface area (Å²) in [7, 11) is -5.44. The highest BCUT2D eigenvalue weighted by Crippen LogP contribution is 2.42. The van der Waals surface area contributed by atoms with Crippen LogP contribution in [0.2, 0.25) is 30.1 Å². The van der Waals surface area contributed by atoms with E-state index in [1.807, 2.05) is 63.6 Å². The van der Waals surface area contributed by atoms with Gasteiger partial charge in [0.2, 0.25) is 26.0 Å². The van der Waals surface area contributed by atoms with Crippen molar-refractivity contribution in [3.05, 3.63) is 189 Å². The number of fused-ring (bicyclic) bond motifs is 3. The number of urea groups is 2. The van der Waals surface area contributed by atoms with Crippen molar-refractivity contribution in [2.75, 3.05) is 178 Å². The number of likely N-dealkylation sites (N-methyl/N-ethyl adjacent to an activating group) is 3. The molecular formula is C86H114Cl6N10O19S3. The maximum absolute atomic E-state index is 13.6. The van der Waals surface area contributed by atoms with E-state index >= 15 is 0 Å². The summed E-state index contributed by atoms with van der Waals surface area (Å²) in [5.74, 6) is -2.35. The summed E-state index contributed by atoms with van der Waals surface area (Å²) in [6.45, 7) is 5.41. The summed E-state index contributed by atoms with van der Waals surface area (Å²) in [5, 5.41) is 26.6. The second kappa shape index (κ2) is 51.1. The molecule has 0 fully saturated rings. The number of aliphatic carboxylic acids is 1. The number of sulfone groups is 1. The summed E-state index contributed by atoms with van der Waals surface area (Å²) in [6.07, 6.45) is 3.85. The second-order valence-electron chi connectivity index (χ2n) is 31.1. The molecule has 6 aromatic carbocycles. The topological polar surface area (TPSA) is 367 Å². The quantitative estimate of drug-likeness (QED) is 0.0164. The number of sulfonamides is 2. The number of ether oxygens (including phenoxy) is 7. The highest BCUT2D eigenvalue weighted by atomic mass is 35.5. The summed E-state index contributed by atoms with van der Waals surface area (Å²) in [6, 6.07) is 30.6. The zero-order valence-corrected chi connectivity index (χ0v) is 77.1. The predicted octanol–water partition coefficient (Wildman–Crippen LogP) is 11.6. The van der Waals surface area contributed by atoms with Gasteiger partial charge in [-0.3, -0.25) is 9.59 Å². The Morgan fingerprint density at radius 2 is 0.831 bits per heavy atom. The largest absolute Gasteiger partial charge is 0.480 e. The van der Waals surface area contributed by atoms with Crippen LogP contribution in [0.25, 0.3) is 0 Å². The number of hydrogen-bond donors (Lipinski definition) is 8. The Kier molecular flexibility index (Phi) is 41.8. The van der Waals surface area contributed by atoms with E-state index in [0.717, 1.165) is 50.1 Å². The van der Waals surface area contributed by atoms with Crippen molar-refractivity contribution in [1.29, 1.82) is 0 Å². The molecule has 1 unspecified atom stereocenters. The van der Waals surface area contributed by atoms with Gasteiger partial charge in [0.15, 0.2) is 9.84 Å². The number of amides is 5. The zero-order valence-electron chi connectivity index (χ0n) is 70.1. The average molecular weight is 1900 g/mol. The van der Waals surface area contributed by atoms with Crippen LogP contribution in [-0.2, 0) is 97.1 Å². The number of rotatable bonds is 55. The van der Waals surface area contributed by atoms with E-state index in [9.17, 15) is 54.3 Å². The van der Waals surface area contributed by atoms with Gasteiger partial charge in [-0.15, -0.1) is 0 Å². The van der Waals surface area contributed by atoms with E-state index in [0.29, 0.717) is 121 Å². The monoisotopic (exact) mass is 1900 g/mol. The molecule has 9 rings (SSSR count). The van der Waals surface area contributed by atoms with Crippen LogP contribution in [0.3, 0.4) is 0 Å². The number of halogens is 6. The first-order valence-corrected chi connectivity index (χ1v) is 48.4. The molecule has 3 aliphatic rings. The number of Topliss-reactive ketones (excluding diaryl/α,β-unsaturated/α-hetero) is 1. The molecule has 5 amide bonds. The number of carboxylic acids is 1. The minimum absolute atomic E-state index is 0.00179. The zero-order chi connectivity index (χ0) is 89.2. The van der Waals surface area contributed by atoms with Gasteiger partial charge in [0.25, 0.3) is 0 Å². The van der Waals surface area contributed by atoms with E-state index < -0.39 is 72.6 Å². The van der Waals surface area contributed by atoms with Gasteiger partial charge in [0, 0.05) is 148 Å². The number of ketones is 1. The normalized spacial score (nSPS) is 16.2. The highest BCUT2D eigenvalue weighted by Gasteiger charge is 2.34. The molecule has 682 valence electrons. The van der Waals surface area contributed by atoms with Gasteiger partial charge in [0.05, 0.1) is 96.6 Å². The van der Waals surface area contributed by atoms with Gasteiger partial charge in [-0.2, -0.15) is 0 Å². The van der Waals surface area contributed by atoms with Crippen LogP contribution in [0, 0.1) is 0 Å². The molecule has 0 radical (unpaired) electrons. The van der Waals surface area contributed by atoms with Crippen molar-refractivity contribution < 1.29 is 87.5 Å². The van der Waals surface area contributed by atoms with Crippen LogP contribution in [0.1, 0.15) is 138 Å². The Morgan fingerprint density at radius 3 is 1.32 bits per heavy atom. The third-order valence-electron chi connectivity index (χ3n) is 21.4. The Hall–Kier alpha value is -6.42. The maximum atomic E-state index is 13.6. The van der Waals surface area contributed by atoms with Crippen molar-refractivity contribution in [1.82, 2.24) is 50.7 Å². The standard InChI is InChI=1S/C86H114Cl6N10O19S3/c1-100-52-63-46-80(91)81(92)51-70(63)73(53-100)60-13-6-18-67(43-60)122(109,110)42-12-31-116-37-38-117-32-26-95-84(107)93-24-10-22-86(99-82(104)58-121-59-83(105)106,21-5-4-16-66(103)17-9-30-115-36-39-119-34-28-97-123(111,112)68-19-7-14-61(44-68)74-54-101(2)56-76-71(74)47-64(87)49-78(76)89)23-11-25-94-85(108)96-27-33-118-40-41-120-35-29-98-124(113,114)69-20-8-15-62(45-69)75-55-102(3)57-77-72(75)48-65(88)50-79(77)90/h6-8,13-15,18-20,43-51,73-75,97-98H,4-5,9-12,16-17,21-42,52-59H2,1-3H3,(H,99,104)(H,105,106)(H2,93,95,107)(H2,94,96,108)/t73-,74-,75-,86?/m0/s1. The molecule has 0 aliphatic carbocycles. The highest BCUT2D eigenvalue weighted by molar-refractivity contribution is 7.91. The van der Waals surface area contributed by atoms with Gasteiger partial charge in [0.1, 0.15) is 19.0 Å². The molecule has 4 atom stereocenters. The lowest BCUT2D eigenvalue weighted by Crippen LogP contribution is -2.51. The van der Waals surface area contributed by atoms with Gasteiger partial charge in [-0.25, -0.2) is 49.1 Å². The summed E-state index contributed by atoms with van der Waals surface area (Å²) < 4.78 is 125. The molecule has 0 aromatic heterocycles. The van der Waals surface area contributed by atoms with Crippen molar-refractivity contribution >= 4 is 129 Å². The number of nitrogens with one attached hydrogen (secondary N) is 7. The lowest BCUT2D eigenvalue weighted by Gasteiger charge is -2.36. The third kappa shape index (κ3) is 33.0. The number of unbranched alkanes of at least 4 members (excludes halogenated alkanes) is 1. The van der Waals surface area contributed by atoms with Crippen molar-refractivity contribution in [3.8, 4) is 0 Å². The molecule has 3 aliphatic heterocycles. The van der Waals surface area contributed by atoms with Crippen LogP contribution in [0.5, 0.6) is 0 Å². The van der Waals surface area contributed by atoms with Crippen LogP contribution in [-0.4, -0.2) is 259 Å². The number of carbonyl (C=O) groups excluding carboxylic acids is 4. The molecule has 6 aromatic rings. The third-order valence-corrected chi connectivity index (χ3v) is 27.9. The van der Waals surface area contributed by atoms with E-state index in [1.54, 1.807) is 60.7 Å². The van der Waals surface area contributed by atoms with Crippen LogP contribution in [0.15, 0.2) is 124 Å². The van der Waals surface area contributed by atoms with Crippen LogP contribution >= 0.6 is 69.6 Å². The SMILES string of the molecule is CN1Cc2cc(Cl)c(Cl)cc2[C@H](c2cccc(S(=O)(=O)CCCOCCOCCNC(=O)NCCCC(CCCCC(=O)CCCOCCOCCNS(=O)(=O)c3cccc([C@@H]4CN(C)Cc5c(Cl)cc(Cl)cc54)c3)(CCCNC(=O)NCCOCCOCCNS(=O)(=O)c3cccc([C@@H]4CN(C)Cc5c(Cl)cc(Cl)cc54)c3)NC(=O)COCC(=O)O)c2)C1. The molecule has 0 saturated carbocycles. The van der Waals surface area contributed by atoms with Crippen LogP contribution < -0.4 is 36.0 Å². The van der Waals surface area contributed by atoms with E-state index in [1.165, 1.54) is 6.07 Å². The fourth-order valence-corrected chi connectivity index (χ4v) is 20.4. The van der Waals surface area contributed by atoms with Gasteiger partial charge in [-0.1, -0.05) is 112 Å². The fourth-order valence-electron chi connectivity index (χ4n) is 15.5. The molecular weight excluding hydrogens is 1790 g/mol. The molecule has 8 N–H and O–H groups in total. The molecule has 29 nitrogen and oxygen atoms in total. The molecule has 38 heteroatoms. The lowest BCUT2D eigenvalue weighted by molar-refractivity contribution is -0.144. The number of carbonyl (C=O) groups is 5. The Labute approximate surface area is 757 Å². The summed E-state index contributed by atoms with van der Waals surface area (Å²) in [4.78, 5) is 71.2. The Morgan fingerprint density at radius 1 is 0.419 bits per heavy atom. The van der Waals surface area contributed by atoms with Crippen molar-refractivity contribution in [2.24, 2.45) is 0 Å². The fraction of sp³-hybridized carbons (Fsp3) is 0.523. The Bertz CT molecular complexity index is 4700. The molecule has 0 saturated heterocycles. The minimum atomic E-state index is -3.89. The second-order valence-corrected chi connectivity index (χ2v) is 39.3. The molecule has 0 bridgehead atoms. The number of carboxylic acid groups (broad SMARTS) is 1. The number of hydrogen-bond acceptors (Lipinski definition) is 21. The van der Waals surface area contributed by atoms with E-state index in [-0.39, 0.29) is 182 Å². The van der Waals surface area contributed by atoms with Crippen molar-refractivity contribution in [3.63, 3.8) is 0 Å². The first-order chi connectivity index (χ1) is 59.4. The number of nitrogens with zero attached hydrogens (tertiary/aromatic N) is 3. The van der Waals surface area contributed by atoms with Crippen molar-refractivity contribution in [2.45, 2.75) is 128 Å². The lowest BCUT2D eigenvalue weighted by atomic mass is 9.82. The molecule has 124 heavy (non-hydrogen) atoms. The Balaban J connectivity index is 0.677. The maximum Gasteiger partial charge on any atom is 0.329 e. The summed E-state index contributed by atoms with van der Waals surface area (Å²) in [5.41, 5.74) is 7.42. The first-order valence-electron chi connectivity index (χ1n) is 41.5. The predicted molar refractivity (Wildman–Crippen MR) is 479 cm³/mol. The van der Waals surface area contributed by atoms with Gasteiger partial charge < -0.3 is 79.5 Å². The van der Waals surface area contributed by atoms with E-state index in [4.69, 9.17) is 103 Å². The van der Waals surface area contributed by atoms with Gasteiger partial charge in [-0.05, 0) is 195 Å². The summed E-state index contributed by atoms with van der Waals surface area (Å²) >= 11 is 38.7. The van der Waals surface area contributed by atoms with Crippen LogP contribution in [0.4, 0.5) is 9.59 Å². The first kappa shape index (κ1) is 101. The smallest absolute Gasteiger partial charge is 0.329 e. The molecule has 0 spiro atoms. The van der Waals surface area contributed by atoms with Gasteiger partial charge >= 0.3 is 18.0 Å².